The molecule has 1 N–H and O–H groups in total. The standard InChI is InChI=1S/C13H13N5/c1-9-16-12(14-2)7-13(17-9)18-8-15-10-5-3-4-6-11(10)18/h3-8H,1-2H3,(H,14,16,17). The number of para-hydroxylation sites is 2. The van der Waals surface area contributed by atoms with E-state index < -0.39 is 0 Å². The Morgan fingerprint density at radius 1 is 1.17 bits per heavy atom. The van der Waals surface area contributed by atoms with Crippen LogP contribution in [0.1, 0.15) is 5.82 Å². The van der Waals surface area contributed by atoms with Gasteiger partial charge in [-0.3, -0.25) is 4.57 Å². The Labute approximate surface area is 105 Å². The molecule has 0 atom stereocenters. The molecule has 2 heterocycles. The summed E-state index contributed by atoms with van der Waals surface area (Å²) in [6, 6.07) is 9.89. The molecule has 0 spiro atoms. The number of aromatic nitrogens is 4. The first-order valence-electron chi connectivity index (χ1n) is 5.74. The zero-order valence-corrected chi connectivity index (χ0v) is 10.3. The maximum atomic E-state index is 4.45. The van der Waals surface area contributed by atoms with Gasteiger partial charge in [-0.2, -0.15) is 0 Å². The van der Waals surface area contributed by atoms with E-state index in [9.17, 15) is 0 Å². The summed E-state index contributed by atoms with van der Waals surface area (Å²) >= 11 is 0. The molecule has 0 saturated carbocycles. The highest BCUT2D eigenvalue weighted by atomic mass is 15.1. The van der Waals surface area contributed by atoms with Gasteiger partial charge in [0.25, 0.3) is 0 Å². The molecule has 1 aromatic carbocycles. The van der Waals surface area contributed by atoms with Crippen molar-refractivity contribution in [2.45, 2.75) is 6.92 Å². The van der Waals surface area contributed by atoms with E-state index in [0.717, 1.165) is 28.5 Å². The largest absolute Gasteiger partial charge is 0.373 e. The van der Waals surface area contributed by atoms with E-state index in [-0.39, 0.29) is 0 Å². The maximum Gasteiger partial charge on any atom is 0.144 e. The molecular formula is C13H13N5. The number of nitrogens with one attached hydrogen (secondary N) is 1. The molecule has 0 amide bonds. The third-order valence-corrected chi connectivity index (χ3v) is 2.78. The third-order valence-electron chi connectivity index (χ3n) is 2.78. The molecule has 0 fully saturated rings. The number of hydrogen-bond donors (Lipinski definition) is 1. The van der Waals surface area contributed by atoms with Crippen LogP contribution in [-0.4, -0.2) is 26.6 Å². The molecule has 3 rings (SSSR count). The molecule has 0 aliphatic carbocycles. The SMILES string of the molecule is CNc1cc(-n2cnc3ccccc32)nc(C)n1. The zero-order valence-electron chi connectivity index (χ0n) is 10.3. The number of aryl methyl sites for hydroxylation is 1. The van der Waals surface area contributed by atoms with Crippen LogP contribution in [0.4, 0.5) is 5.82 Å². The summed E-state index contributed by atoms with van der Waals surface area (Å²) in [6.07, 6.45) is 1.78. The smallest absolute Gasteiger partial charge is 0.144 e. The Hall–Kier alpha value is -2.43. The number of fused-ring (bicyclic) bond motifs is 1. The molecule has 0 aliphatic rings. The van der Waals surface area contributed by atoms with E-state index in [1.807, 2.05) is 48.9 Å². The van der Waals surface area contributed by atoms with Gasteiger partial charge in [0.2, 0.25) is 0 Å². The van der Waals surface area contributed by atoms with Crippen LogP contribution in [0.15, 0.2) is 36.7 Å². The average Bonchev–Trinajstić information content (AvgIpc) is 2.81. The highest BCUT2D eigenvalue weighted by Gasteiger charge is 2.07. The zero-order chi connectivity index (χ0) is 12.5. The van der Waals surface area contributed by atoms with Gasteiger partial charge in [0.1, 0.15) is 23.8 Å². The van der Waals surface area contributed by atoms with Crippen LogP contribution in [0.2, 0.25) is 0 Å². The van der Waals surface area contributed by atoms with Gasteiger partial charge >= 0.3 is 0 Å². The van der Waals surface area contributed by atoms with Gasteiger partial charge in [-0.25, -0.2) is 15.0 Å². The fraction of sp³-hybridized carbons (Fsp3) is 0.154. The number of imidazole rings is 1. The van der Waals surface area contributed by atoms with E-state index in [1.54, 1.807) is 6.33 Å². The molecule has 90 valence electrons. The van der Waals surface area contributed by atoms with E-state index in [4.69, 9.17) is 0 Å². The predicted octanol–water partition coefficient (Wildman–Crippen LogP) is 2.17. The lowest BCUT2D eigenvalue weighted by Crippen LogP contribution is -2.02. The molecule has 5 nitrogen and oxygen atoms in total. The van der Waals surface area contributed by atoms with Gasteiger partial charge in [-0.15, -0.1) is 0 Å². The van der Waals surface area contributed by atoms with Crippen molar-refractivity contribution in [2.75, 3.05) is 12.4 Å². The summed E-state index contributed by atoms with van der Waals surface area (Å²) in [6.45, 7) is 1.88. The second-order valence-electron chi connectivity index (χ2n) is 4.01. The number of rotatable bonds is 2. The summed E-state index contributed by atoms with van der Waals surface area (Å²) < 4.78 is 1.96. The van der Waals surface area contributed by atoms with E-state index >= 15 is 0 Å². The lowest BCUT2D eigenvalue weighted by atomic mass is 10.3. The molecule has 0 radical (unpaired) electrons. The van der Waals surface area contributed by atoms with Crippen LogP contribution >= 0.6 is 0 Å². The van der Waals surface area contributed by atoms with Crippen LogP contribution in [0.3, 0.4) is 0 Å². The van der Waals surface area contributed by atoms with E-state index in [1.165, 1.54) is 0 Å². The minimum atomic E-state index is 0.731. The number of hydrogen-bond acceptors (Lipinski definition) is 4. The minimum absolute atomic E-state index is 0.731. The van der Waals surface area contributed by atoms with E-state index in [0.29, 0.717) is 0 Å². The van der Waals surface area contributed by atoms with Crippen LogP contribution in [0.25, 0.3) is 16.9 Å². The Kier molecular flexibility index (Phi) is 2.44. The monoisotopic (exact) mass is 239 g/mol. The van der Waals surface area contributed by atoms with Crippen LogP contribution in [0, 0.1) is 6.92 Å². The van der Waals surface area contributed by atoms with Gasteiger partial charge in [-0.1, -0.05) is 12.1 Å². The van der Waals surface area contributed by atoms with Gasteiger partial charge < -0.3 is 5.32 Å². The molecule has 18 heavy (non-hydrogen) atoms. The van der Waals surface area contributed by atoms with Gasteiger partial charge in [0.15, 0.2) is 0 Å². The Balaban J connectivity index is 2.22. The lowest BCUT2D eigenvalue weighted by molar-refractivity contribution is 0.956. The van der Waals surface area contributed by atoms with Crippen molar-refractivity contribution >= 4 is 16.9 Å². The third kappa shape index (κ3) is 1.69. The van der Waals surface area contributed by atoms with Gasteiger partial charge in [-0.05, 0) is 19.1 Å². The highest BCUT2D eigenvalue weighted by molar-refractivity contribution is 5.76. The molecule has 0 saturated heterocycles. The summed E-state index contributed by atoms with van der Waals surface area (Å²) in [5.74, 6) is 2.35. The first kappa shape index (κ1) is 10.7. The second kappa shape index (κ2) is 4.10. The Morgan fingerprint density at radius 3 is 2.83 bits per heavy atom. The molecule has 0 unspecified atom stereocenters. The maximum absolute atomic E-state index is 4.45. The number of nitrogens with zero attached hydrogens (tertiary/aromatic N) is 4. The van der Waals surface area contributed by atoms with Crippen molar-refractivity contribution in [3.63, 3.8) is 0 Å². The quantitative estimate of drug-likeness (QED) is 0.744. The lowest BCUT2D eigenvalue weighted by Gasteiger charge is -2.06. The van der Waals surface area contributed by atoms with Crippen molar-refractivity contribution in [3.8, 4) is 5.82 Å². The Bertz CT molecular complexity index is 701. The van der Waals surface area contributed by atoms with Gasteiger partial charge in [0.05, 0.1) is 11.0 Å². The van der Waals surface area contributed by atoms with Crippen molar-refractivity contribution < 1.29 is 0 Å². The first-order valence-corrected chi connectivity index (χ1v) is 5.74. The summed E-state index contributed by atoms with van der Waals surface area (Å²) in [7, 11) is 1.84. The van der Waals surface area contributed by atoms with Crippen molar-refractivity contribution in [2.24, 2.45) is 0 Å². The van der Waals surface area contributed by atoms with Crippen LogP contribution < -0.4 is 5.32 Å². The molecule has 5 heteroatoms. The van der Waals surface area contributed by atoms with Crippen molar-refractivity contribution in [3.05, 3.63) is 42.5 Å². The number of anilines is 1. The Morgan fingerprint density at radius 2 is 2.00 bits per heavy atom. The molecule has 0 bridgehead atoms. The molecule has 2 aromatic heterocycles. The average molecular weight is 239 g/mol. The summed E-state index contributed by atoms with van der Waals surface area (Å²) in [5.41, 5.74) is 2.00. The summed E-state index contributed by atoms with van der Waals surface area (Å²) in [4.78, 5) is 13.1. The normalized spacial score (nSPS) is 10.8. The van der Waals surface area contributed by atoms with Gasteiger partial charge in [0, 0.05) is 13.1 Å². The molecule has 0 aliphatic heterocycles. The fourth-order valence-corrected chi connectivity index (χ4v) is 1.95. The fourth-order valence-electron chi connectivity index (χ4n) is 1.95. The molecule has 3 aromatic rings. The molecular weight excluding hydrogens is 226 g/mol. The number of benzene rings is 1. The van der Waals surface area contributed by atoms with Crippen LogP contribution in [-0.2, 0) is 0 Å². The van der Waals surface area contributed by atoms with Crippen molar-refractivity contribution in [1.29, 1.82) is 0 Å². The predicted molar refractivity (Wildman–Crippen MR) is 70.9 cm³/mol. The highest BCUT2D eigenvalue weighted by Crippen LogP contribution is 2.18. The van der Waals surface area contributed by atoms with Crippen molar-refractivity contribution in [1.82, 2.24) is 19.5 Å². The van der Waals surface area contributed by atoms with E-state index in [2.05, 4.69) is 20.3 Å². The second-order valence-corrected chi connectivity index (χ2v) is 4.01. The van der Waals surface area contributed by atoms with Crippen LogP contribution in [0.5, 0.6) is 0 Å². The summed E-state index contributed by atoms with van der Waals surface area (Å²) in [5, 5.41) is 3.03. The minimum Gasteiger partial charge on any atom is -0.373 e. The first-order chi connectivity index (χ1) is 8.78. The topological polar surface area (TPSA) is 55.6 Å².